The number of amides is 2. The molecule has 3 aromatic rings. The average Bonchev–Trinajstić information content (AvgIpc) is 3.50. The summed E-state index contributed by atoms with van der Waals surface area (Å²) >= 11 is 4.03. The van der Waals surface area contributed by atoms with E-state index < -0.39 is 0 Å². The van der Waals surface area contributed by atoms with E-state index in [-0.39, 0.29) is 23.3 Å². The normalized spacial score (nSPS) is 14.0. The van der Waals surface area contributed by atoms with E-state index in [0.717, 1.165) is 21.9 Å². The second-order valence-corrected chi connectivity index (χ2v) is 10.9. The summed E-state index contributed by atoms with van der Waals surface area (Å²) in [5.41, 5.74) is 1.49. The molecule has 1 aliphatic heterocycles. The van der Waals surface area contributed by atoms with Gasteiger partial charge in [-0.1, -0.05) is 60.0 Å². The standard InChI is InChI=1S/C25H25N5O5S3/c1-5-36-25-29-28-23(38-25)27-20(31)14-37-24-26-17(22(32)30(24)16-9-7-6-8-10-16)11-15-12-18(33-2)21(35-4)19(13-15)34-3/h6-13H,5,14H2,1-4H3,(H,27,28,31). The van der Waals surface area contributed by atoms with Crippen molar-refractivity contribution in [3.63, 3.8) is 0 Å². The van der Waals surface area contributed by atoms with Crippen molar-refractivity contribution in [2.24, 2.45) is 4.99 Å². The van der Waals surface area contributed by atoms with Crippen LogP contribution >= 0.6 is 34.9 Å². The molecule has 0 atom stereocenters. The number of hydrogen-bond donors (Lipinski definition) is 1. The van der Waals surface area contributed by atoms with Crippen molar-refractivity contribution in [1.29, 1.82) is 0 Å². The molecule has 1 aromatic heterocycles. The third kappa shape index (κ3) is 6.29. The van der Waals surface area contributed by atoms with E-state index in [0.29, 0.717) is 38.8 Å². The first-order valence-corrected chi connectivity index (χ1v) is 14.1. The number of carbonyl (C=O) groups excluding carboxylic acids is 2. The molecular formula is C25H25N5O5S3. The molecule has 1 N–H and O–H groups in total. The lowest BCUT2D eigenvalue weighted by molar-refractivity contribution is -0.114. The van der Waals surface area contributed by atoms with Gasteiger partial charge in [-0.25, -0.2) is 4.99 Å². The fourth-order valence-corrected chi connectivity index (χ4v) is 5.95. The lowest BCUT2D eigenvalue weighted by atomic mass is 10.1. The third-order valence-corrected chi connectivity index (χ3v) is 7.88. The van der Waals surface area contributed by atoms with Crippen LogP contribution in [-0.4, -0.2) is 60.0 Å². The Kier molecular flexibility index (Phi) is 9.26. The summed E-state index contributed by atoms with van der Waals surface area (Å²) < 4.78 is 17.0. The molecule has 0 spiro atoms. The maximum atomic E-state index is 13.5. The van der Waals surface area contributed by atoms with Crippen molar-refractivity contribution in [3.8, 4) is 17.2 Å². The Balaban J connectivity index is 1.59. The summed E-state index contributed by atoms with van der Waals surface area (Å²) in [5, 5.41) is 11.6. The molecule has 2 amide bonds. The van der Waals surface area contributed by atoms with Crippen molar-refractivity contribution in [2.45, 2.75) is 11.3 Å². The molecule has 10 nitrogen and oxygen atoms in total. The minimum absolute atomic E-state index is 0.0305. The molecule has 2 aromatic carbocycles. The van der Waals surface area contributed by atoms with Gasteiger partial charge in [-0.2, -0.15) is 0 Å². The van der Waals surface area contributed by atoms with E-state index >= 15 is 0 Å². The third-order valence-electron chi connectivity index (χ3n) is 5.09. The van der Waals surface area contributed by atoms with Gasteiger partial charge >= 0.3 is 0 Å². The second-order valence-electron chi connectivity index (χ2n) is 7.50. The van der Waals surface area contributed by atoms with Crippen LogP contribution in [0.4, 0.5) is 10.8 Å². The van der Waals surface area contributed by atoms with Gasteiger partial charge in [0.15, 0.2) is 21.0 Å². The molecule has 1 aliphatic rings. The predicted molar refractivity (Wildman–Crippen MR) is 153 cm³/mol. The Labute approximate surface area is 232 Å². The van der Waals surface area contributed by atoms with Gasteiger partial charge in [0.05, 0.1) is 32.8 Å². The van der Waals surface area contributed by atoms with E-state index in [1.54, 1.807) is 30.0 Å². The van der Waals surface area contributed by atoms with Crippen molar-refractivity contribution in [1.82, 2.24) is 10.2 Å². The number of rotatable bonds is 10. The Morgan fingerprint density at radius 1 is 1.05 bits per heavy atom. The molecule has 4 rings (SSSR count). The Morgan fingerprint density at radius 3 is 2.39 bits per heavy atom. The number of hydrogen-bond acceptors (Lipinski definition) is 11. The molecule has 13 heteroatoms. The number of aromatic nitrogens is 2. The highest BCUT2D eigenvalue weighted by molar-refractivity contribution is 8.14. The lowest BCUT2D eigenvalue weighted by Crippen LogP contribution is -2.31. The first-order chi connectivity index (χ1) is 18.5. The van der Waals surface area contributed by atoms with Gasteiger partial charge in [-0.3, -0.25) is 19.8 Å². The average molecular weight is 572 g/mol. The number of methoxy groups -OCH3 is 3. The van der Waals surface area contributed by atoms with Gasteiger partial charge in [-0.15, -0.1) is 10.2 Å². The summed E-state index contributed by atoms with van der Waals surface area (Å²) in [5.74, 6) is 1.66. The van der Waals surface area contributed by atoms with Crippen LogP contribution in [0.15, 0.2) is 57.5 Å². The number of ether oxygens (including phenoxy) is 3. The highest BCUT2D eigenvalue weighted by Gasteiger charge is 2.32. The molecule has 2 heterocycles. The van der Waals surface area contributed by atoms with Crippen molar-refractivity contribution in [3.05, 3.63) is 53.7 Å². The summed E-state index contributed by atoms with van der Waals surface area (Å²) in [4.78, 5) is 32.2. The van der Waals surface area contributed by atoms with E-state index in [9.17, 15) is 9.59 Å². The minimum Gasteiger partial charge on any atom is -0.493 e. The maximum Gasteiger partial charge on any atom is 0.283 e. The molecule has 0 saturated carbocycles. The number of thioether (sulfide) groups is 2. The van der Waals surface area contributed by atoms with Crippen LogP contribution in [0.1, 0.15) is 12.5 Å². The molecule has 0 fully saturated rings. The van der Waals surface area contributed by atoms with Gasteiger partial charge in [-0.05, 0) is 41.7 Å². The van der Waals surface area contributed by atoms with Crippen molar-refractivity contribution >= 4 is 68.7 Å². The number of amidine groups is 1. The van der Waals surface area contributed by atoms with Crippen molar-refractivity contribution in [2.75, 3.05) is 43.1 Å². The van der Waals surface area contributed by atoms with Gasteiger partial charge < -0.3 is 14.2 Å². The summed E-state index contributed by atoms with van der Waals surface area (Å²) in [6, 6.07) is 12.6. The molecule has 0 radical (unpaired) electrons. The van der Waals surface area contributed by atoms with E-state index in [1.807, 2.05) is 37.3 Å². The number of anilines is 2. The topological polar surface area (TPSA) is 115 Å². The molecule has 38 heavy (non-hydrogen) atoms. The second kappa shape index (κ2) is 12.8. The van der Waals surface area contributed by atoms with Crippen LogP contribution in [0.5, 0.6) is 17.2 Å². The first-order valence-electron chi connectivity index (χ1n) is 11.4. The molecular weight excluding hydrogens is 547 g/mol. The van der Waals surface area contributed by atoms with Crippen LogP contribution in [-0.2, 0) is 9.59 Å². The zero-order chi connectivity index (χ0) is 27.1. The van der Waals surface area contributed by atoms with Gasteiger partial charge in [0.25, 0.3) is 5.91 Å². The molecule has 198 valence electrons. The van der Waals surface area contributed by atoms with E-state index in [1.165, 1.54) is 37.6 Å². The molecule has 0 unspecified atom stereocenters. The SMILES string of the molecule is CCSc1nnc(NC(=O)CSC2=NC(=Cc3cc(OC)c(OC)c(OC)c3)C(=O)N2c2ccccc2)s1. The Bertz CT molecular complexity index is 1350. The number of aliphatic imine (C=N–C) groups is 1. The molecule has 0 saturated heterocycles. The smallest absolute Gasteiger partial charge is 0.283 e. The van der Waals surface area contributed by atoms with Gasteiger partial charge in [0.2, 0.25) is 16.8 Å². The minimum atomic E-state index is -0.321. The largest absolute Gasteiger partial charge is 0.493 e. The number of carbonyl (C=O) groups is 2. The summed E-state index contributed by atoms with van der Waals surface area (Å²) in [6.45, 7) is 2.02. The number of para-hydroxylation sites is 1. The van der Waals surface area contributed by atoms with Crippen molar-refractivity contribution < 1.29 is 23.8 Å². The Hall–Kier alpha value is -3.55. The van der Waals surface area contributed by atoms with Crippen LogP contribution in [0.3, 0.4) is 0 Å². The van der Waals surface area contributed by atoms with Crippen LogP contribution in [0, 0.1) is 0 Å². The summed E-state index contributed by atoms with van der Waals surface area (Å²) in [6.07, 6.45) is 1.64. The van der Waals surface area contributed by atoms with Crippen LogP contribution in [0.25, 0.3) is 6.08 Å². The maximum absolute atomic E-state index is 13.5. The first kappa shape index (κ1) is 27.5. The van der Waals surface area contributed by atoms with E-state index in [4.69, 9.17) is 14.2 Å². The predicted octanol–water partition coefficient (Wildman–Crippen LogP) is 4.79. The molecule has 0 bridgehead atoms. The molecule has 0 aliphatic carbocycles. The highest BCUT2D eigenvalue weighted by atomic mass is 32.2. The lowest BCUT2D eigenvalue weighted by Gasteiger charge is -2.17. The monoisotopic (exact) mass is 571 g/mol. The zero-order valence-electron chi connectivity index (χ0n) is 21.1. The highest BCUT2D eigenvalue weighted by Crippen LogP contribution is 2.39. The van der Waals surface area contributed by atoms with Gasteiger partial charge in [0.1, 0.15) is 5.70 Å². The number of benzene rings is 2. The fraction of sp³-hybridized carbons (Fsp3) is 0.240. The van der Waals surface area contributed by atoms with Crippen LogP contribution in [0.2, 0.25) is 0 Å². The Morgan fingerprint density at radius 2 is 1.76 bits per heavy atom. The number of nitrogens with one attached hydrogen (secondary N) is 1. The quantitative estimate of drug-likeness (QED) is 0.208. The fourth-order valence-electron chi connectivity index (χ4n) is 3.47. The van der Waals surface area contributed by atoms with E-state index in [2.05, 4.69) is 20.5 Å². The zero-order valence-corrected chi connectivity index (χ0v) is 23.5. The van der Waals surface area contributed by atoms with Crippen LogP contribution < -0.4 is 24.4 Å². The number of nitrogens with zero attached hydrogens (tertiary/aromatic N) is 4. The summed E-state index contributed by atoms with van der Waals surface area (Å²) in [7, 11) is 4.57. The van der Waals surface area contributed by atoms with Gasteiger partial charge in [0, 0.05) is 0 Å².